The molecule has 1 saturated heterocycles. The highest BCUT2D eigenvalue weighted by Crippen LogP contribution is 2.26. The minimum Gasteiger partial charge on any atom is -0.483 e. The van der Waals surface area contributed by atoms with Gasteiger partial charge < -0.3 is 19.4 Å². The normalized spacial score (nSPS) is 15.9. The van der Waals surface area contributed by atoms with Crippen molar-refractivity contribution >= 4 is 16.8 Å². The molecular weight excluding hydrogens is 406 g/mol. The molecule has 168 valence electrons. The van der Waals surface area contributed by atoms with Crippen molar-refractivity contribution in [3.63, 3.8) is 0 Å². The first kappa shape index (κ1) is 22.0. The summed E-state index contributed by atoms with van der Waals surface area (Å²) in [5.41, 5.74) is 1.46. The number of nitrogens with one attached hydrogen (secondary N) is 1. The molecule has 2 heterocycles. The maximum Gasteiger partial charge on any atom is 0.261 e. The van der Waals surface area contributed by atoms with Crippen molar-refractivity contribution in [3.8, 4) is 5.75 Å². The molecule has 2 aromatic carbocycles. The van der Waals surface area contributed by atoms with E-state index in [1.807, 2.05) is 30.3 Å². The lowest BCUT2D eigenvalue weighted by Gasteiger charge is -2.25. The van der Waals surface area contributed by atoms with Crippen molar-refractivity contribution in [2.45, 2.75) is 45.3 Å². The van der Waals surface area contributed by atoms with Crippen LogP contribution in [0.3, 0.4) is 0 Å². The number of para-hydroxylation sites is 2. The van der Waals surface area contributed by atoms with E-state index in [0.717, 1.165) is 18.4 Å². The minimum atomic E-state index is -0.211. The molecule has 1 fully saturated rings. The van der Waals surface area contributed by atoms with Crippen LogP contribution in [-0.2, 0) is 16.1 Å². The van der Waals surface area contributed by atoms with Crippen molar-refractivity contribution in [3.05, 3.63) is 70.3 Å². The Hall–Kier alpha value is -3.19. The van der Waals surface area contributed by atoms with Gasteiger partial charge in [-0.15, -0.1) is 0 Å². The first-order valence-electron chi connectivity index (χ1n) is 11.1. The number of carbonyl (C=O) groups excluding carboxylic acids is 1. The van der Waals surface area contributed by atoms with Crippen LogP contribution in [0.4, 0.5) is 0 Å². The zero-order valence-corrected chi connectivity index (χ0v) is 18.5. The maximum atomic E-state index is 13.2. The number of rotatable bonds is 8. The number of aromatic nitrogens is 2. The smallest absolute Gasteiger partial charge is 0.261 e. The molecule has 1 unspecified atom stereocenters. The van der Waals surface area contributed by atoms with Gasteiger partial charge in [-0.3, -0.25) is 9.59 Å². The molecule has 1 aliphatic heterocycles. The van der Waals surface area contributed by atoms with E-state index in [-0.39, 0.29) is 36.6 Å². The second-order valence-corrected chi connectivity index (χ2v) is 8.42. The summed E-state index contributed by atoms with van der Waals surface area (Å²) >= 11 is 0. The van der Waals surface area contributed by atoms with Crippen LogP contribution in [0.25, 0.3) is 10.9 Å². The van der Waals surface area contributed by atoms with Crippen LogP contribution in [-0.4, -0.2) is 46.6 Å². The third-order valence-corrected chi connectivity index (χ3v) is 5.70. The zero-order valence-electron chi connectivity index (χ0n) is 18.5. The fourth-order valence-electron chi connectivity index (χ4n) is 4.00. The lowest BCUT2D eigenvalue weighted by molar-refractivity contribution is -0.135. The van der Waals surface area contributed by atoms with Crippen molar-refractivity contribution in [2.24, 2.45) is 0 Å². The first-order chi connectivity index (χ1) is 15.5. The molecule has 4 rings (SSSR count). The molecule has 1 aromatic heterocycles. The van der Waals surface area contributed by atoms with E-state index in [1.54, 1.807) is 23.1 Å². The summed E-state index contributed by atoms with van der Waals surface area (Å²) in [5.74, 6) is 1.28. The molecule has 1 aliphatic rings. The predicted octanol–water partition coefficient (Wildman–Crippen LogP) is 3.63. The van der Waals surface area contributed by atoms with Crippen LogP contribution in [0.1, 0.15) is 44.0 Å². The van der Waals surface area contributed by atoms with Crippen molar-refractivity contribution in [2.75, 3.05) is 19.8 Å². The highest BCUT2D eigenvalue weighted by Gasteiger charge is 2.24. The van der Waals surface area contributed by atoms with Crippen molar-refractivity contribution < 1.29 is 14.3 Å². The van der Waals surface area contributed by atoms with E-state index in [1.165, 1.54) is 0 Å². The minimum absolute atomic E-state index is 0.0194. The summed E-state index contributed by atoms with van der Waals surface area (Å²) in [5, 5.41) is 0.530. The SMILES string of the molecule is CC(C)c1ccccc1OCC(=O)N(Cc1nc2ccccc2c(=O)[nH]1)CC1CCCO1. The van der Waals surface area contributed by atoms with Gasteiger partial charge in [0.1, 0.15) is 11.6 Å². The molecule has 1 atom stereocenters. The number of hydrogen-bond donors (Lipinski definition) is 1. The Kier molecular flexibility index (Phi) is 6.85. The Bertz CT molecular complexity index is 1140. The topological polar surface area (TPSA) is 84.5 Å². The molecule has 0 spiro atoms. The van der Waals surface area contributed by atoms with Gasteiger partial charge in [-0.1, -0.05) is 44.2 Å². The highest BCUT2D eigenvalue weighted by molar-refractivity contribution is 5.78. The molecule has 0 bridgehead atoms. The van der Waals surface area contributed by atoms with Crippen LogP contribution in [0, 0.1) is 0 Å². The average Bonchev–Trinajstić information content (AvgIpc) is 3.30. The van der Waals surface area contributed by atoms with Crippen LogP contribution >= 0.6 is 0 Å². The lowest BCUT2D eigenvalue weighted by Crippen LogP contribution is -2.40. The van der Waals surface area contributed by atoms with Crippen LogP contribution in [0.2, 0.25) is 0 Å². The number of fused-ring (bicyclic) bond motifs is 1. The molecule has 0 radical (unpaired) electrons. The number of nitrogens with zero attached hydrogens (tertiary/aromatic N) is 2. The molecule has 1 amide bonds. The molecule has 7 heteroatoms. The third-order valence-electron chi connectivity index (χ3n) is 5.70. The Labute approximate surface area is 187 Å². The Morgan fingerprint density at radius 2 is 2.00 bits per heavy atom. The van der Waals surface area contributed by atoms with Crippen molar-refractivity contribution in [1.82, 2.24) is 14.9 Å². The van der Waals surface area contributed by atoms with Gasteiger partial charge in [-0.05, 0) is 42.5 Å². The molecule has 32 heavy (non-hydrogen) atoms. The summed E-state index contributed by atoms with van der Waals surface area (Å²) in [6.45, 7) is 5.42. The predicted molar refractivity (Wildman–Crippen MR) is 123 cm³/mol. The molecular formula is C25H29N3O4. The number of ether oxygens (including phenoxy) is 2. The lowest BCUT2D eigenvalue weighted by atomic mass is 10.0. The summed E-state index contributed by atoms with van der Waals surface area (Å²) in [7, 11) is 0. The monoisotopic (exact) mass is 435 g/mol. The molecule has 0 saturated carbocycles. The molecule has 1 N–H and O–H groups in total. The Morgan fingerprint density at radius 3 is 2.78 bits per heavy atom. The summed E-state index contributed by atoms with van der Waals surface area (Å²) in [6.07, 6.45) is 1.87. The second kappa shape index (κ2) is 9.96. The van der Waals surface area contributed by atoms with Gasteiger partial charge in [0.05, 0.1) is 23.6 Å². The van der Waals surface area contributed by atoms with Gasteiger partial charge in [0.25, 0.3) is 11.5 Å². The number of carbonyl (C=O) groups is 1. The van der Waals surface area contributed by atoms with Crippen LogP contribution in [0.5, 0.6) is 5.75 Å². The first-order valence-corrected chi connectivity index (χ1v) is 11.1. The number of aromatic amines is 1. The number of amides is 1. The fourth-order valence-corrected chi connectivity index (χ4v) is 4.00. The molecule has 0 aliphatic carbocycles. The van der Waals surface area contributed by atoms with E-state index in [4.69, 9.17) is 9.47 Å². The number of hydrogen-bond acceptors (Lipinski definition) is 5. The quantitative estimate of drug-likeness (QED) is 0.584. The van der Waals surface area contributed by atoms with Gasteiger partial charge >= 0.3 is 0 Å². The Balaban J connectivity index is 1.52. The molecule has 7 nitrogen and oxygen atoms in total. The van der Waals surface area contributed by atoms with Gasteiger partial charge in [0.15, 0.2) is 6.61 Å². The third kappa shape index (κ3) is 5.16. The van der Waals surface area contributed by atoms with Crippen LogP contribution in [0.15, 0.2) is 53.3 Å². The van der Waals surface area contributed by atoms with Gasteiger partial charge in [0, 0.05) is 13.2 Å². The largest absolute Gasteiger partial charge is 0.483 e. The van der Waals surface area contributed by atoms with Gasteiger partial charge in [-0.25, -0.2) is 4.98 Å². The number of H-pyrrole nitrogens is 1. The van der Waals surface area contributed by atoms with E-state index in [0.29, 0.717) is 35.6 Å². The summed E-state index contributed by atoms with van der Waals surface area (Å²) < 4.78 is 11.7. The van der Waals surface area contributed by atoms with Gasteiger partial charge in [0.2, 0.25) is 0 Å². The van der Waals surface area contributed by atoms with Crippen molar-refractivity contribution in [1.29, 1.82) is 0 Å². The maximum absolute atomic E-state index is 13.2. The van der Waals surface area contributed by atoms with Crippen LogP contribution < -0.4 is 10.3 Å². The second-order valence-electron chi connectivity index (χ2n) is 8.42. The Morgan fingerprint density at radius 1 is 1.22 bits per heavy atom. The highest BCUT2D eigenvalue weighted by atomic mass is 16.5. The average molecular weight is 436 g/mol. The summed E-state index contributed by atoms with van der Waals surface area (Å²) in [6, 6.07) is 14.9. The van der Waals surface area contributed by atoms with Gasteiger partial charge in [-0.2, -0.15) is 0 Å². The fraction of sp³-hybridized carbons (Fsp3) is 0.400. The zero-order chi connectivity index (χ0) is 22.5. The van der Waals surface area contributed by atoms with E-state index in [9.17, 15) is 9.59 Å². The number of benzene rings is 2. The van der Waals surface area contributed by atoms with E-state index >= 15 is 0 Å². The summed E-state index contributed by atoms with van der Waals surface area (Å²) in [4.78, 5) is 34.7. The standard InChI is InChI=1S/C25H29N3O4/c1-17(2)19-9-4-6-12-22(19)32-16-24(29)28(14-18-8-7-13-31-18)15-23-26-21-11-5-3-10-20(21)25(30)27-23/h3-6,9-12,17-18H,7-8,13-16H2,1-2H3,(H,26,27,30). The van der Waals surface area contributed by atoms with E-state index < -0.39 is 0 Å². The van der Waals surface area contributed by atoms with E-state index in [2.05, 4.69) is 23.8 Å². The molecule has 3 aromatic rings.